The Hall–Kier alpha value is -2.97. The Balaban J connectivity index is 2.30. The summed E-state index contributed by atoms with van der Waals surface area (Å²) in [7, 11) is 1.62. The Morgan fingerprint density at radius 1 is 1.40 bits per heavy atom. The second-order valence-electron chi connectivity index (χ2n) is 3.67. The van der Waals surface area contributed by atoms with E-state index in [0.29, 0.717) is 5.82 Å². The zero-order chi connectivity index (χ0) is 14.7. The molecule has 0 aliphatic heterocycles. The highest BCUT2D eigenvalue weighted by Crippen LogP contribution is 2.27. The molecule has 1 aromatic heterocycles. The Morgan fingerprint density at radius 3 is 2.75 bits per heavy atom. The molecule has 0 fully saturated rings. The van der Waals surface area contributed by atoms with E-state index in [9.17, 15) is 14.5 Å². The number of nitro benzene ring substituents is 1. The Morgan fingerprint density at radius 2 is 2.15 bits per heavy atom. The summed E-state index contributed by atoms with van der Waals surface area (Å²) in [5.41, 5.74) is 5.10. The molecule has 0 spiro atoms. The molecule has 3 N–H and O–H groups in total. The van der Waals surface area contributed by atoms with Crippen LogP contribution in [0.25, 0.3) is 0 Å². The zero-order valence-electron chi connectivity index (χ0n) is 10.3. The number of nitrogen functional groups attached to an aromatic ring is 1. The first-order chi connectivity index (χ1) is 9.49. The SMILES string of the molecule is CNc1cc(Oc2ccc([N+](=O)[O-])cc2F)nc(N)n1. The second kappa shape index (κ2) is 5.34. The molecule has 0 aliphatic rings. The molecule has 9 heteroatoms. The van der Waals surface area contributed by atoms with Gasteiger partial charge < -0.3 is 15.8 Å². The molecule has 20 heavy (non-hydrogen) atoms. The third-order valence-corrected chi connectivity index (χ3v) is 2.32. The van der Waals surface area contributed by atoms with E-state index in [1.54, 1.807) is 7.05 Å². The smallest absolute Gasteiger partial charge is 0.272 e. The number of hydrogen-bond donors (Lipinski definition) is 2. The molecular formula is C11H10FN5O3. The summed E-state index contributed by atoms with van der Waals surface area (Å²) in [4.78, 5) is 17.4. The van der Waals surface area contributed by atoms with E-state index in [-0.39, 0.29) is 23.3 Å². The molecule has 0 saturated heterocycles. The number of nitrogens with two attached hydrogens (primary N) is 1. The lowest BCUT2D eigenvalue weighted by Crippen LogP contribution is -2.02. The van der Waals surface area contributed by atoms with E-state index in [0.717, 1.165) is 18.2 Å². The first-order valence-corrected chi connectivity index (χ1v) is 5.43. The van der Waals surface area contributed by atoms with Gasteiger partial charge in [0.15, 0.2) is 11.6 Å². The maximum Gasteiger partial charge on any atom is 0.272 e. The van der Waals surface area contributed by atoms with E-state index in [4.69, 9.17) is 10.5 Å². The number of nitro groups is 1. The van der Waals surface area contributed by atoms with Gasteiger partial charge in [0, 0.05) is 19.2 Å². The van der Waals surface area contributed by atoms with Gasteiger partial charge in [-0.15, -0.1) is 0 Å². The number of benzene rings is 1. The van der Waals surface area contributed by atoms with Crippen molar-refractivity contribution in [2.75, 3.05) is 18.1 Å². The number of rotatable bonds is 4. The fraction of sp³-hybridized carbons (Fsp3) is 0.0909. The van der Waals surface area contributed by atoms with Gasteiger partial charge in [0.25, 0.3) is 5.69 Å². The van der Waals surface area contributed by atoms with Crippen LogP contribution in [-0.4, -0.2) is 21.9 Å². The van der Waals surface area contributed by atoms with Crippen LogP contribution < -0.4 is 15.8 Å². The molecule has 0 bridgehead atoms. The molecule has 2 rings (SSSR count). The van der Waals surface area contributed by atoms with Crippen LogP contribution in [0, 0.1) is 15.9 Å². The van der Waals surface area contributed by atoms with Crippen molar-refractivity contribution >= 4 is 17.5 Å². The van der Waals surface area contributed by atoms with Gasteiger partial charge in [-0.25, -0.2) is 4.39 Å². The zero-order valence-corrected chi connectivity index (χ0v) is 10.3. The second-order valence-corrected chi connectivity index (χ2v) is 3.67. The van der Waals surface area contributed by atoms with E-state index in [2.05, 4.69) is 15.3 Å². The lowest BCUT2D eigenvalue weighted by atomic mass is 10.3. The predicted molar refractivity (Wildman–Crippen MR) is 69.1 cm³/mol. The molecule has 1 aromatic carbocycles. The number of hydrogen-bond acceptors (Lipinski definition) is 7. The maximum absolute atomic E-state index is 13.7. The summed E-state index contributed by atoms with van der Waals surface area (Å²) in [6, 6.07) is 4.45. The molecule has 0 atom stereocenters. The summed E-state index contributed by atoms with van der Waals surface area (Å²) >= 11 is 0. The van der Waals surface area contributed by atoms with Crippen molar-refractivity contribution in [2.24, 2.45) is 0 Å². The number of nitrogens with zero attached hydrogens (tertiary/aromatic N) is 3. The third-order valence-electron chi connectivity index (χ3n) is 2.32. The minimum atomic E-state index is -0.873. The Labute approximate surface area is 112 Å². The highest BCUT2D eigenvalue weighted by atomic mass is 19.1. The Kier molecular flexibility index (Phi) is 3.60. The van der Waals surface area contributed by atoms with Crippen LogP contribution in [0.4, 0.5) is 21.8 Å². The van der Waals surface area contributed by atoms with Crippen LogP contribution in [0.3, 0.4) is 0 Å². The topological polar surface area (TPSA) is 116 Å². The summed E-state index contributed by atoms with van der Waals surface area (Å²) in [5.74, 6) is -0.697. The molecule has 104 valence electrons. The van der Waals surface area contributed by atoms with Crippen molar-refractivity contribution in [1.82, 2.24) is 9.97 Å². The summed E-state index contributed by atoms with van der Waals surface area (Å²) in [5, 5.41) is 13.2. The average molecular weight is 279 g/mol. The van der Waals surface area contributed by atoms with Gasteiger partial charge in [0.2, 0.25) is 11.8 Å². The van der Waals surface area contributed by atoms with Gasteiger partial charge in [-0.05, 0) is 6.07 Å². The summed E-state index contributed by atoms with van der Waals surface area (Å²) in [6.45, 7) is 0. The number of non-ortho nitro benzene ring substituents is 1. The molecule has 2 aromatic rings. The van der Waals surface area contributed by atoms with Crippen molar-refractivity contribution in [1.29, 1.82) is 0 Å². The number of nitrogens with one attached hydrogen (secondary N) is 1. The van der Waals surface area contributed by atoms with Crippen molar-refractivity contribution in [3.05, 3.63) is 40.2 Å². The molecule has 0 radical (unpaired) electrons. The molecule has 0 amide bonds. The number of aromatic nitrogens is 2. The van der Waals surface area contributed by atoms with Gasteiger partial charge in [-0.2, -0.15) is 9.97 Å². The lowest BCUT2D eigenvalue weighted by Gasteiger charge is -2.07. The van der Waals surface area contributed by atoms with Crippen molar-refractivity contribution < 1.29 is 14.1 Å². The van der Waals surface area contributed by atoms with Crippen LogP contribution in [0.5, 0.6) is 11.6 Å². The van der Waals surface area contributed by atoms with Gasteiger partial charge >= 0.3 is 0 Å². The van der Waals surface area contributed by atoms with Crippen LogP contribution in [0.1, 0.15) is 0 Å². The van der Waals surface area contributed by atoms with Gasteiger partial charge in [-0.1, -0.05) is 0 Å². The molecule has 1 heterocycles. The van der Waals surface area contributed by atoms with Gasteiger partial charge in [-0.3, -0.25) is 10.1 Å². The average Bonchev–Trinajstić information content (AvgIpc) is 2.40. The highest BCUT2D eigenvalue weighted by Gasteiger charge is 2.13. The number of halogens is 1. The quantitative estimate of drug-likeness (QED) is 0.648. The fourth-order valence-electron chi connectivity index (χ4n) is 1.42. The molecule has 0 saturated carbocycles. The van der Waals surface area contributed by atoms with E-state index >= 15 is 0 Å². The maximum atomic E-state index is 13.7. The molecule has 8 nitrogen and oxygen atoms in total. The highest BCUT2D eigenvalue weighted by molar-refractivity contribution is 5.44. The molecule has 0 aliphatic carbocycles. The molecular weight excluding hydrogens is 269 g/mol. The van der Waals surface area contributed by atoms with Crippen LogP contribution in [0.2, 0.25) is 0 Å². The van der Waals surface area contributed by atoms with Crippen LogP contribution >= 0.6 is 0 Å². The summed E-state index contributed by atoms with van der Waals surface area (Å²) < 4.78 is 18.9. The first-order valence-electron chi connectivity index (χ1n) is 5.43. The predicted octanol–water partition coefficient (Wildman–Crippen LogP) is 1.94. The standard InChI is InChI=1S/C11H10FN5O3/c1-14-9-5-10(16-11(13)15-9)20-8-3-2-6(17(18)19)4-7(8)12/h2-5H,1H3,(H3,13,14,15,16). The fourth-order valence-corrected chi connectivity index (χ4v) is 1.42. The monoisotopic (exact) mass is 279 g/mol. The Bertz CT molecular complexity index is 665. The van der Waals surface area contributed by atoms with Gasteiger partial charge in [0.05, 0.1) is 11.0 Å². The third kappa shape index (κ3) is 2.88. The minimum Gasteiger partial charge on any atom is -0.436 e. The van der Waals surface area contributed by atoms with Crippen LogP contribution in [-0.2, 0) is 0 Å². The minimum absolute atomic E-state index is 0.0228. The van der Waals surface area contributed by atoms with Crippen molar-refractivity contribution in [2.45, 2.75) is 0 Å². The first kappa shape index (κ1) is 13.5. The van der Waals surface area contributed by atoms with E-state index in [1.165, 1.54) is 6.07 Å². The lowest BCUT2D eigenvalue weighted by molar-refractivity contribution is -0.385. The molecule has 0 unspecified atom stereocenters. The van der Waals surface area contributed by atoms with Gasteiger partial charge in [0.1, 0.15) is 5.82 Å². The van der Waals surface area contributed by atoms with E-state index in [1.807, 2.05) is 0 Å². The van der Waals surface area contributed by atoms with Crippen molar-refractivity contribution in [3.63, 3.8) is 0 Å². The summed E-state index contributed by atoms with van der Waals surface area (Å²) in [6.07, 6.45) is 0. The largest absolute Gasteiger partial charge is 0.436 e. The number of ether oxygens (including phenoxy) is 1. The van der Waals surface area contributed by atoms with Crippen molar-refractivity contribution in [3.8, 4) is 11.6 Å². The van der Waals surface area contributed by atoms with E-state index < -0.39 is 10.7 Å². The number of anilines is 2. The van der Waals surface area contributed by atoms with Crippen LogP contribution in [0.15, 0.2) is 24.3 Å². The normalized spacial score (nSPS) is 10.1.